The number of fused-ring (bicyclic) bond motifs is 1. The topological polar surface area (TPSA) is 70.2 Å². The van der Waals surface area contributed by atoms with Crippen molar-refractivity contribution in [2.45, 2.75) is 26.2 Å². The average molecular weight is 298 g/mol. The van der Waals surface area contributed by atoms with Crippen molar-refractivity contribution in [1.29, 1.82) is 0 Å². The minimum Gasteiger partial charge on any atom is -0.477 e. The van der Waals surface area contributed by atoms with E-state index in [1.54, 1.807) is 0 Å². The predicted octanol–water partition coefficient (Wildman–Crippen LogP) is 3.32. The molecule has 0 radical (unpaired) electrons. The zero-order valence-corrected chi connectivity index (χ0v) is 11.9. The summed E-state index contributed by atoms with van der Waals surface area (Å²) in [6.07, 6.45) is 1.11. The number of aromatic amines is 1. The summed E-state index contributed by atoms with van der Waals surface area (Å²) in [6.45, 7) is 5.49. The monoisotopic (exact) mass is 297 g/mol. The van der Waals surface area contributed by atoms with Crippen LogP contribution in [-0.4, -0.2) is 16.1 Å². The van der Waals surface area contributed by atoms with Crippen molar-refractivity contribution in [2.75, 3.05) is 0 Å². The number of hydrogen-bond donors (Lipinski definition) is 2. The van der Waals surface area contributed by atoms with Crippen LogP contribution >= 0.6 is 11.6 Å². The highest BCUT2D eigenvalue weighted by Crippen LogP contribution is 2.35. The molecule has 0 aliphatic carbocycles. The third-order valence-electron chi connectivity index (χ3n) is 3.05. The number of carboxylic acid groups (broad SMARTS) is 1. The molecule has 0 aliphatic heterocycles. The summed E-state index contributed by atoms with van der Waals surface area (Å²) in [4.78, 5) is 25.8. The summed E-state index contributed by atoms with van der Waals surface area (Å²) in [5, 5.41) is 8.86. The molecule has 0 bridgehead atoms. The first kappa shape index (κ1) is 14.5. The Kier molecular flexibility index (Phi) is 3.34. The van der Waals surface area contributed by atoms with Crippen molar-refractivity contribution < 1.29 is 14.3 Å². The van der Waals surface area contributed by atoms with Crippen LogP contribution in [0.3, 0.4) is 0 Å². The lowest BCUT2D eigenvalue weighted by atomic mass is 9.85. The number of hydrogen-bond acceptors (Lipinski definition) is 2. The van der Waals surface area contributed by atoms with E-state index >= 15 is 0 Å². The molecule has 1 aromatic carbocycles. The molecule has 0 unspecified atom stereocenters. The van der Waals surface area contributed by atoms with Gasteiger partial charge in [0.05, 0.1) is 10.5 Å². The second-order valence-electron chi connectivity index (χ2n) is 5.56. The van der Waals surface area contributed by atoms with Crippen molar-refractivity contribution in [2.24, 2.45) is 0 Å². The van der Waals surface area contributed by atoms with Gasteiger partial charge in [-0.15, -0.1) is 0 Å². The maximum atomic E-state index is 13.9. The van der Waals surface area contributed by atoms with Gasteiger partial charge in [-0.1, -0.05) is 32.4 Å². The highest BCUT2D eigenvalue weighted by molar-refractivity contribution is 6.32. The van der Waals surface area contributed by atoms with Crippen LogP contribution in [0.4, 0.5) is 4.39 Å². The van der Waals surface area contributed by atoms with Crippen LogP contribution in [0.15, 0.2) is 17.1 Å². The quantitative estimate of drug-likeness (QED) is 0.848. The molecule has 106 valence electrons. The van der Waals surface area contributed by atoms with E-state index in [4.69, 9.17) is 16.7 Å². The van der Waals surface area contributed by atoms with Gasteiger partial charge >= 0.3 is 5.97 Å². The zero-order valence-electron chi connectivity index (χ0n) is 11.2. The number of H-pyrrole nitrogens is 1. The molecule has 0 aliphatic rings. The maximum Gasteiger partial charge on any atom is 0.341 e. The molecular weight excluding hydrogens is 285 g/mol. The fraction of sp³-hybridized carbons (Fsp3) is 0.286. The van der Waals surface area contributed by atoms with E-state index in [1.165, 1.54) is 0 Å². The van der Waals surface area contributed by atoms with E-state index in [2.05, 4.69) is 4.98 Å². The third-order valence-corrected chi connectivity index (χ3v) is 3.42. The largest absolute Gasteiger partial charge is 0.477 e. The van der Waals surface area contributed by atoms with Gasteiger partial charge in [0.2, 0.25) is 5.43 Å². The normalized spacial score (nSPS) is 11.8. The van der Waals surface area contributed by atoms with Crippen LogP contribution in [0.1, 0.15) is 36.7 Å². The van der Waals surface area contributed by atoms with Crippen molar-refractivity contribution in [3.05, 3.63) is 44.5 Å². The molecule has 2 N–H and O–H groups in total. The van der Waals surface area contributed by atoms with E-state index in [-0.39, 0.29) is 10.4 Å². The van der Waals surface area contributed by atoms with Crippen LogP contribution in [0.5, 0.6) is 0 Å². The van der Waals surface area contributed by atoms with Crippen LogP contribution < -0.4 is 5.43 Å². The number of rotatable bonds is 1. The van der Waals surface area contributed by atoms with E-state index in [0.29, 0.717) is 11.1 Å². The number of halogens is 2. The van der Waals surface area contributed by atoms with Gasteiger partial charge in [0.15, 0.2) is 0 Å². The fourth-order valence-electron chi connectivity index (χ4n) is 2.17. The van der Waals surface area contributed by atoms with Crippen molar-refractivity contribution in [3.8, 4) is 0 Å². The smallest absolute Gasteiger partial charge is 0.341 e. The molecule has 2 aromatic rings. The summed E-state index contributed by atoms with van der Waals surface area (Å²) in [5.74, 6) is -2.10. The number of aromatic carboxylic acids is 1. The second kappa shape index (κ2) is 4.59. The van der Waals surface area contributed by atoms with Gasteiger partial charge in [-0.2, -0.15) is 0 Å². The lowest BCUT2D eigenvalue weighted by Crippen LogP contribution is -2.19. The highest BCUT2D eigenvalue weighted by Gasteiger charge is 2.25. The van der Waals surface area contributed by atoms with Gasteiger partial charge in [0.1, 0.15) is 11.4 Å². The van der Waals surface area contributed by atoms with E-state index in [9.17, 15) is 14.0 Å². The predicted molar refractivity (Wildman–Crippen MR) is 75.2 cm³/mol. The average Bonchev–Trinajstić information content (AvgIpc) is 2.30. The Bertz CT molecular complexity index is 775. The first-order valence-corrected chi connectivity index (χ1v) is 6.29. The number of carbonyl (C=O) groups is 1. The molecule has 0 saturated heterocycles. The van der Waals surface area contributed by atoms with Crippen LogP contribution in [0.2, 0.25) is 5.02 Å². The lowest BCUT2D eigenvalue weighted by molar-refractivity contribution is 0.0695. The molecule has 0 amide bonds. The first-order valence-electron chi connectivity index (χ1n) is 5.91. The number of benzene rings is 1. The minimum atomic E-state index is -1.36. The molecular formula is C14H13ClFNO3. The molecule has 20 heavy (non-hydrogen) atoms. The molecule has 2 rings (SSSR count). The van der Waals surface area contributed by atoms with Gasteiger partial charge in [0, 0.05) is 17.1 Å². The molecule has 6 heteroatoms. The summed E-state index contributed by atoms with van der Waals surface area (Å²) < 4.78 is 13.9. The van der Waals surface area contributed by atoms with Crippen molar-refractivity contribution in [3.63, 3.8) is 0 Å². The number of pyridine rings is 1. The molecule has 0 fully saturated rings. The zero-order chi connectivity index (χ0) is 15.2. The summed E-state index contributed by atoms with van der Waals surface area (Å²) >= 11 is 6.00. The van der Waals surface area contributed by atoms with E-state index in [0.717, 1.165) is 12.3 Å². The van der Waals surface area contributed by atoms with Gasteiger partial charge in [-0.25, -0.2) is 9.18 Å². The SMILES string of the molecule is CC(C)(C)c1c(Cl)c(F)cc2c(=O)c(C(=O)O)c[nH]c12. The van der Waals surface area contributed by atoms with E-state index in [1.807, 2.05) is 20.8 Å². The van der Waals surface area contributed by atoms with Crippen LogP contribution in [0.25, 0.3) is 10.9 Å². The third kappa shape index (κ3) is 2.18. The summed E-state index contributed by atoms with van der Waals surface area (Å²) in [5.41, 5.74) is -0.862. The fourth-order valence-corrected chi connectivity index (χ4v) is 2.61. The Hall–Kier alpha value is -1.88. The Morgan fingerprint density at radius 1 is 1.40 bits per heavy atom. The molecule has 0 saturated carbocycles. The van der Waals surface area contributed by atoms with Gasteiger partial charge in [-0.3, -0.25) is 4.79 Å². The molecule has 0 spiro atoms. The minimum absolute atomic E-state index is 0.0169. The van der Waals surface area contributed by atoms with Gasteiger partial charge in [0.25, 0.3) is 0 Å². The van der Waals surface area contributed by atoms with Crippen LogP contribution in [-0.2, 0) is 5.41 Å². The number of carboxylic acids is 1. The van der Waals surface area contributed by atoms with Gasteiger partial charge < -0.3 is 10.1 Å². The summed E-state index contributed by atoms with van der Waals surface area (Å²) in [6, 6.07) is 0.970. The highest BCUT2D eigenvalue weighted by atomic mass is 35.5. The Morgan fingerprint density at radius 2 is 2.00 bits per heavy atom. The Balaban J connectivity index is 3.02. The molecule has 0 atom stereocenters. The number of aromatic nitrogens is 1. The second-order valence-corrected chi connectivity index (χ2v) is 5.93. The maximum absolute atomic E-state index is 13.9. The summed E-state index contributed by atoms with van der Waals surface area (Å²) in [7, 11) is 0. The molecule has 4 nitrogen and oxygen atoms in total. The Morgan fingerprint density at radius 3 is 2.50 bits per heavy atom. The molecule has 1 aromatic heterocycles. The first-order chi connectivity index (χ1) is 9.14. The van der Waals surface area contributed by atoms with Gasteiger partial charge in [-0.05, 0) is 11.5 Å². The molecule has 1 heterocycles. The standard InChI is InChI=1S/C14H13ClFNO3/c1-14(2,3)9-10(15)8(16)4-6-11(9)17-5-7(12(6)18)13(19)20/h4-5H,1-3H3,(H,17,18)(H,19,20). The van der Waals surface area contributed by atoms with E-state index < -0.39 is 28.2 Å². The van der Waals surface area contributed by atoms with Crippen molar-refractivity contribution in [1.82, 2.24) is 4.98 Å². The lowest BCUT2D eigenvalue weighted by Gasteiger charge is -2.23. The Labute approximate surface area is 119 Å². The number of nitrogens with one attached hydrogen (secondary N) is 1. The van der Waals surface area contributed by atoms with Crippen molar-refractivity contribution >= 4 is 28.5 Å². The van der Waals surface area contributed by atoms with Crippen LogP contribution in [0, 0.1) is 5.82 Å².